The number of rotatable bonds is 5. The van der Waals surface area contributed by atoms with Crippen molar-refractivity contribution in [1.29, 1.82) is 0 Å². The van der Waals surface area contributed by atoms with Crippen LogP contribution in [0.25, 0.3) is 0 Å². The maximum Gasteiger partial charge on any atom is 0.324 e. The fourth-order valence-corrected chi connectivity index (χ4v) is 3.38. The molecule has 1 aromatic rings. The van der Waals surface area contributed by atoms with E-state index in [2.05, 4.69) is 22.8 Å². The van der Waals surface area contributed by atoms with Crippen LogP contribution in [0.5, 0.6) is 0 Å². The van der Waals surface area contributed by atoms with Gasteiger partial charge in [-0.15, -0.1) is 0 Å². The molecule has 0 unspecified atom stereocenters. The van der Waals surface area contributed by atoms with Crippen LogP contribution in [0.3, 0.4) is 0 Å². The van der Waals surface area contributed by atoms with Crippen molar-refractivity contribution in [3.63, 3.8) is 0 Å². The van der Waals surface area contributed by atoms with Crippen molar-refractivity contribution in [3.8, 4) is 0 Å². The molecular weight excluding hydrogens is 320 g/mol. The Morgan fingerprint density at radius 1 is 1.16 bits per heavy atom. The van der Waals surface area contributed by atoms with Crippen molar-refractivity contribution in [1.82, 2.24) is 20.4 Å². The van der Waals surface area contributed by atoms with E-state index in [-0.39, 0.29) is 30.6 Å². The Bertz CT molecular complexity index is 610. The Balaban J connectivity index is 1.37. The minimum atomic E-state index is -0.311. The van der Waals surface area contributed by atoms with E-state index in [4.69, 9.17) is 0 Å². The van der Waals surface area contributed by atoms with Gasteiger partial charge in [-0.05, 0) is 31.2 Å². The summed E-state index contributed by atoms with van der Waals surface area (Å²) in [5.74, 6) is -0.172. The number of imide groups is 1. The molecule has 2 heterocycles. The Morgan fingerprint density at radius 3 is 2.52 bits per heavy atom. The summed E-state index contributed by atoms with van der Waals surface area (Å²) in [6.45, 7) is 1.85. The van der Waals surface area contributed by atoms with E-state index in [0.717, 1.165) is 12.8 Å². The van der Waals surface area contributed by atoms with Crippen LogP contribution in [0.2, 0.25) is 0 Å². The first-order valence-electron chi connectivity index (χ1n) is 8.82. The van der Waals surface area contributed by atoms with Gasteiger partial charge in [0.2, 0.25) is 5.91 Å². The highest BCUT2D eigenvalue weighted by atomic mass is 16.2. The molecule has 0 aliphatic carbocycles. The maximum absolute atomic E-state index is 12.2. The van der Waals surface area contributed by atoms with Gasteiger partial charge in [0.05, 0.1) is 6.54 Å². The van der Waals surface area contributed by atoms with Crippen molar-refractivity contribution in [2.24, 2.45) is 0 Å². The Morgan fingerprint density at radius 2 is 1.88 bits per heavy atom. The third kappa shape index (κ3) is 4.29. The summed E-state index contributed by atoms with van der Waals surface area (Å²) in [5, 5.41) is 5.49. The largest absolute Gasteiger partial charge is 0.338 e. The van der Waals surface area contributed by atoms with Crippen molar-refractivity contribution in [2.45, 2.75) is 31.7 Å². The number of hydrogen-bond donors (Lipinski definition) is 2. The zero-order valence-corrected chi connectivity index (χ0v) is 14.2. The standard InChI is InChI=1S/C18H24N4O3/c23-16-13-20-18(25)22(16)15-8-11-21(12-9-15)17(24)19-10-4-7-14-5-2-1-3-6-14/h1-3,5-6,15H,4,7-13H2,(H,19,24)(H,20,25). The lowest BCUT2D eigenvalue weighted by Crippen LogP contribution is -2.51. The minimum absolute atomic E-state index is 0.0660. The number of benzene rings is 1. The van der Waals surface area contributed by atoms with Gasteiger partial charge < -0.3 is 15.5 Å². The molecule has 134 valence electrons. The average molecular weight is 344 g/mol. The number of aryl methyl sites for hydroxylation is 1. The predicted octanol–water partition coefficient (Wildman–Crippen LogP) is 1.35. The molecule has 2 aliphatic heterocycles. The molecule has 2 saturated heterocycles. The van der Waals surface area contributed by atoms with E-state index in [1.165, 1.54) is 10.5 Å². The predicted molar refractivity (Wildman–Crippen MR) is 93.0 cm³/mol. The quantitative estimate of drug-likeness (QED) is 0.625. The zero-order valence-electron chi connectivity index (χ0n) is 14.2. The molecule has 25 heavy (non-hydrogen) atoms. The van der Waals surface area contributed by atoms with Gasteiger partial charge in [-0.1, -0.05) is 30.3 Å². The molecule has 7 nitrogen and oxygen atoms in total. The van der Waals surface area contributed by atoms with Gasteiger partial charge >= 0.3 is 12.1 Å². The van der Waals surface area contributed by atoms with E-state index >= 15 is 0 Å². The summed E-state index contributed by atoms with van der Waals surface area (Å²) < 4.78 is 0. The van der Waals surface area contributed by atoms with Gasteiger partial charge in [-0.3, -0.25) is 9.69 Å². The molecule has 5 amide bonds. The Hall–Kier alpha value is -2.57. The monoisotopic (exact) mass is 344 g/mol. The molecule has 0 radical (unpaired) electrons. The van der Waals surface area contributed by atoms with E-state index < -0.39 is 0 Å². The fraction of sp³-hybridized carbons (Fsp3) is 0.500. The van der Waals surface area contributed by atoms with E-state index in [0.29, 0.717) is 32.5 Å². The molecule has 0 saturated carbocycles. The van der Waals surface area contributed by atoms with E-state index in [1.807, 2.05) is 18.2 Å². The minimum Gasteiger partial charge on any atom is -0.338 e. The second-order valence-corrected chi connectivity index (χ2v) is 6.46. The van der Waals surface area contributed by atoms with Crippen LogP contribution < -0.4 is 10.6 Å². The first kappa shape index (κ1) is 17.3. The number of hydrogen-bond acceptors (Lipinski definition) is 3. The van der Waals surface area contributed by atoms with Crippen molar-refractivity contribution in [2.75, 3.05) is 26.2 Å². The van der Waals surface area contributed by atoms with Crippen LogP contribution in [0, 0.1) is 0 Å². The second kappa shape index (κ2) is 8.00. The smallest absolute Gasteiger partial charge is 0.324 e. The number of nitrogens with one attached hydrogen (secondary N) is 2. The lowest BCUT2D eigenvalue weighted by molar-refractivity contribution is -0.127. The van der Waals surface area contributed by atoms with Crippen LogP contribution in [0.15, 0.2) is 30.3 Å². The van der Waals surface area contributed by atoms with Gasteiger partial charge in [-0.25, -0.2) is 9.59 Å². The molecule has 0 bridgehead atoms. The molecule has 3 rings (SSSR count). The fourth-order valence-electron chi connectivity index (χ4n) is 3.38. The summed E-state index contributed by atoms with van der Waals surface area (Å²) in [4.78, 5) is 38.7. The average Bonchev–Trinajstić information content (AvgIpc) is 2.98. The molecule has 0 atom stereocenters. The highest BCUT2D eigenvalue weighted by Gasteiger charge is 2.37. The second-order valence-electron chi connectivity index (χ2n) is 6.46. The van der Waals surface area contributed by atoms with Crippen LogP contribution in [0.1, 0.15) is 24.8 Å². The SMILES string of the molecule is O=C(NCCCc1ccccc1)N1CCC(N2C(=O)CNC2=O)CC1. The number of urea groups is 2. The van der Waals surface area contributed by atoms with Crippen LogP contribution >= 0.6 is 0 Å². The summed E-state index contributed by atoms with van der Waals surface area (Å²) in [6, 6.07) is 9.72. The van der Waals surface area contributed by atoms with Crippen molar-refractivity contribution >= 4 is 18.0 Å². The number of piperidine rings is 1. The third-order valence-corrected chi connectivity index (χ3v) is 4.76. The molecule has 7 heteroatoms. The highest BCUT2D eigenvalue weighted by Crippen LogP contribution is 2.19. The topological polar surface area (TPSA) is 81.8 Å². The molecule has 2 N–H and O–H groups in total. The summed E-state index contributed by atoms with van der Waals surface area (Å²) >= 11 is 0. The van der Waals surface area contributed by atoms with Crippen molar-refractivity contribution in [3.05, 3.63) is 35.9 Å². The summed E-state index contributed by atoms with van der Waals surface area (Å²) in [7, 11) is 0. The lowest BCUT2D eigenvalue weighted by atomic mass is 10.0. The molecule has 0 aromatic heterocycles. The van der Waals surface area contributed by atoms with Gasteiger partial charge in [0.1, 0.15) is 0 Å². The molecule has 0 spiro atoms. The highest BCUT2D eigenvalue weighted by molar-refractivity contribution is 6.02. The summed E-state index contributed by atoms with van der Waals surface area (Å²) in [6.07, 6.45) is 3.11. The van der Waals surface area contributed by atoms with E-state index in [1.54, 1.807) is 4.90 Å². The number of likely N-dealkylation sites (tertiary alicyclic amines) is 1. The normalized spacial score (nSPS) is 18.4. The van der Waals surface area contributed by atoms with Gasteiger partial charge in [0.15, 0.2) is 0 Å². The molecular formula is C18H24N4O3. The van der Waals surface area contributed by atoms with Crippen LogP contribution in [0.4, 0.5) is 9.59 Å². The first-order valence-corrected chi connectivity index (χ1v) is 8.82. The van der Waals surface area contributed by atoms with Gasteiger partial charge in [0.25, 0.3) is 0 Å². The van der Waals surface area contributed by atoms with Gasteiger partial charge in [-0.2, -0.15) is 0 Å². The molecule has 2 aliphatic rings. The van der Waals surface area contributed by atoms with Crippen LogP contribution in [-0.2, 0) is 11.2 Å². The Labute approximate surface area is 147 Å². The maximum atomic E-state index is 12.2. The van der Waals surface area contributed by atoms with Crippen LogP contribution in [-0.4, -0.2) is 60.0 Å². The zero-order chi connectivity index (χ0) is 17.6. The number of amides is 5. The third-order valence-electron chi connectivity index (χ3n) is 4.76. The number of carbonyl (C=O) groups excluding carboxylic acids is 3. The lowest BCUT2D eigenvalue weighted by Gasteiger charge is -2.35. The van der Waals surface area contributed by atoms with E-state index in [9.17, 15) is 14.4 Å². The van der Waals surface area contributed by atoms with Crippen molar-refractivity contribution < 1.29 is 14.4 Å². The molecule has 1 aromatic carbocycles. The number of carbonyl (C=O) groups is 3. The number of nitrogens with zero attached hydrogens (tertiary/aromatic N) is 2. The first-order chi connectivity index (χ1) is 12.1. The molecule has 2 fully saturated rings. The van der Waals surface area contributed by atoms with Gasteiger partial charge in [0, 0.05) is 25.7 Å². The summed E-state index contributed by atoms with van der Waals surface area (Å²) in [5.41, 5.74) is 1.27. The Kier molecular flexibility index (Phi) is 5.53.